The van der Waals surface area contributed by atoms with Crippen LogP contribution in [-0.4, -0.2) is 29.3 Å². The fourth-order valence-electron chi connectivity index (χ4n) is 0.553. The van der Waals surface area contributed by atoms with Crippen molar-refractivity contribution in [2.45, 2.75) is 20.8 Å². The first-order chi connectivity index (χ1) is 4.85. The number of hydrogen-bond donors (Lipinski definition) is 0. The summed E-state index contributed by atoms with van der Waals surface area (Å²) < 4.78 is 15.7. The Hall–Kier alpha value is 0.694. The minimum atomic E-state index is -1.73. The molecule has 3 nitrogen and oxygen atoms in total. The molecule has 0 saturated carbocycles. The largest absolute Gasteiger partial charge is 1.00 e. The predicted octanol–water partition coefficient (Wildman–Crippen LogP) is -2.07. The van der Waals surface area contributed by atoms with Gasteiger partial charge in [-0.2, -0.15) is 0 Å². The van der Waals surface area contributed by atoms with Gasteiger partial charge in [0.25, 0.3) is 0 Å². The van der Waals surface area contributed by atoms with E-state index in [9.17, 15) is 0 Å². The molecule has 64 valence electrons. The fraction of sp³-hybridized carbons (Fsp3) is 1.00. The molecule has 0 saturated heterocycles. The van der Waals surface area contributed by atoms with Crippen molar-refractivity contribution in [2.75, 3.05) is 19.8 Å². The molecule has 0 aromatic rings. The van der Waals surface area contributed by atoms with Crippen LogP contribution in [-0.2, 0) is 13.3 Å². The average Bonchev–Trinajstić information content (AvgIpc) is 1.90. The molecule has 0 rings (SSSR count). The Morgan fingerprint density at radius 2 is 1.18 bits per heavy atom. The van der Waals surface area contributed by atoms with E-state index in [1.807, 2.05) is 20.8 Å². The van der Waals surface area contributed by atoms with E-state index in [1.54, 1.807) is 0 Å². The summed E-state index contributed by atoms with van der Waals surface area (Å²) in [6.07, 6.45) is 0. The fourth-order valence-corrected chi connectivity index (χ4v) is 1.66. The van der Waals surface area contributed by atoms with Crippen molar-refractivity contribution >= 4 is 9.53 Å². The molecule has 0 aliphatic rings. The number of hydrogen-bond acceptors (Lipinski definition) is 3. The minimum absolute atomic E-state index is 0. The van der Waals surface area contributed by atoms with Gasteiger partial charge in [-0.3, -0.25) is 0 Å². The van der Waals surface area contributed by atoms with E-state index in [0.29, 0.717) is 19.8 Å². The quantitative estimate of drug-likeness (QED) is 0.431. The van der Waals surface area contributed by atoms with Crippen LogP contribution in [0.5, 0.6) is 0 Å². The van der Waals surface area contributed by atoms with Crippen molar-refractivity contribution in [1.29, 1.82) is 0 Å². The van der Waals surface area contributed by atoms with Crippen molar-refractivity contribution in [3.63, 3.8) is 0 Å². The first-order valence-corrected chi connectivity index (χ1v) is 5.11. The van der Waals surface area contributed by atoms with Gasteiger partial charge in [-0.15, -0.1) is 0 Å². The Bertz CT molecular complexity index is 65.5. The summed E-state index contributed by atoms with van der Waals surface area (Å²) in [5, 5.41) is 0. The zero-order valence-corrected chi connectivity index (χ0v) is 9.08. The first kappa shape index (κ1) is 14.2. The predicted molar refractivity (Wildman–Crippen MR) is 43.1 cm³/mol. The van der Waals surface area contributed by atoms with Gasteiger partial charge in [0.05, 0.1) is 0 Å². The van der Waals surface area contributed by atoms with Gasteiger partial charge < -0.3 is 14.7 Å². The molecule has 0 heterocycles. The summed E-state index contributed by atoms with van der Waals surface area (Å²) in [7, 11) is -1.73. The molecule has 0 N–H and O–H groups in total. The van der Waals surface area contributed by atoms with Crippen LogP contribution in [0.1, 0.15) is 22.2 Å². The zero-order valence-electron chi connectivity index (χ0n) is 8.92. The third-order valence-electron chi connectivity index (χ3n) is 0.908. The molecule has 0 radical (unpaired) electrons. The summed E-state index contributed by atoms with van der Waals surface area (Å²) >= 11 is 0. The molecule has 0 atom stereocenters. The Balaban J connectivity index is -0.000000405. The monoisotopic (exact) mass is 172 g/mol. The van der Waals surface area contributed by atoms with Gasteiger partial charge >= 0.3 is 28.4 Å². The second kappa shape index (κ2) is 10.7. The molecular formula is C6H17LiO3Si. The summed E-state index contributed by atoms with van der Waals surface area (Å²) in [5.74, 6) is 0. The van der Waals surface area contributed by atoms with Crippen LogP contribution in [0.15, 0.2) is 0 Å². The molecule has 0 aromatic heterocycles. The number of rotatable bonds is 6. The Kier molecular flexibility index (Phi) is 13.8. The van der Waals surface area contributed by atoms with E-state index in [1.165, 1.54) is 0 Å². The second-order valence-corrected chi connectivity index (χ2v) is 3.23. The van der Waals surface area contributed by atoms with E-state index >= 15 is 0 Å². The van der Waals surface area contributed by atoms with Crippen LogP contribution in [0.25, 0.3) is 0 Å². The molecule has 11 heavy (non-hydrogen) atoms. The maximum atomic E-state index is 5.22. The van der Waals surface area contributed by atoms with E-state index in [-0.39, 0.29) is 20.3 Å². The van der Waals surface area contributed by atoms with Gasteiger partial charge in [-0.05, 0) is 20.8 Å². The van der Waals surface area contributed by atoms with Crippen LogP contribution >= 0.6 is 0 Å². The van der Waals surface area contributed by atoms with Gasteiger partial charge in [0, 0.05) is 19.8 Å². The van der Waals surface area contributed by atoms with Crippen molar-refractivity contribution in [2.24, 2.45) is 0 Å². The molecule has 0 aliphatic heterocycles. The van der Waals surface area contributed by atoms with E-state index in [0.717, 1.165) is 0 Å². The molecule has 0 amide bonds. The maximum Gasteiger partial charge on any atom is 1.00 e. The van der Waals surface area contributed by atoms with Gasteiger partial charge in [-0.1, -0.05) is 0 Å². The summed E-state index contributed by atoms with van der Waals surface area (Å²) in [4.78, 5) is 0. The Morgan fingerprint density at radius 1 is 0.909 bits per heavy atom. The van der Waals surface area contributed by atoms with Crippen LogP contribution in [0.2, 0.25) is 0 Å². The summed E-state index contributed by atoms with van der Waals surface area (Å²) in [5.41, 5.74) is 0. The third kappa shape index (κ3) is 8.60. The summed E-state index contributed by atoms with van der Waals surface area (Å²) in [6, 6.07) is 0. The van der Waals surface area contributed by atoms with Gasteiger partial charge in [0.15, 0.2) is 0 Å². The molecule has 0 fully saturated rings. The van der Waals surface area contributed by atoms with E-state index < -0.39 is 9.53 Å². The topological polar surface area (TPSA) is 27.7 Å². The van der Waals surface area contributed by atoms with Crippen molar-refractivity contribution in [3.8, 4) is 0 Å². The van der Waals surface area contributed by atoms with E-state index in [2.05, 4.69) is 0 Å². The molecule has 0 spiro atoms. The molecule has 0 unspecified atom stereocenters. The standard InChI is InChI=1S/C6H16O3Si.Li.H/c1-4-7-10(8-5-2)9-6-3;;/h10H,4-6H2,1-3H3;;/q;+1;-1. The maximum absolute atomic E-state index is 5.22. The van der Waals surface area contributed by atoms with Crippen LogP contribution < -0.4 is 18.9 Å². The SMILES string of the molecule is CCO[SiH](OCC)OCC.[H-].[Li+]. The molecule has 0 aromatic carbocycles. The van der Waals surface area contributed by atoms with Gasteiger partial charge in [-0.25, -0.2) is 0 Å². The first-order valence-electron chi connectivity index (χ1n) is 3.69. The molecule has 0 aliphatic carbocycles. The van der Waals surface area contributed by atoms with Crippen molar-refractivity contribution < 1.29 is 33.6 Å². The normalized spacial score (nSPS) is 9.82. The van der Waals surface area contributed by atoms with E-state index in [4.69, 9.17) is 13.3 Å². The van der Waals surface area contributed by atoms with Gasteiger partial charge in [0.2, 0.25) is 0 Å². The smallest absolute Gasteiger partial charge is 1.00 e. The molecule has 0 bridgehead atoms. The van der Waals surface area contributed by atoms with Crippen molar-refractivity contribution in [1.82, 2.24) is 0 Å². The zero-order chi connectivity index (χ0) is 7.82. The van der Waals surface area contributed by atoms with Crippen LogP contribution in [0.3, 0.4) is 0 Å². The molecule has 5 heteroatoms. The minimum Gasteiger partial charge on any atom is -1.00 e. The third-order valence-corrected chi connectivity index (χ3v) is 2.72. The summed E-state index contributed by atoms with van der Waals surface area (Å²) in [6.45, 7) is 7.86. The molecular weight excluding hydrogens is 155 g/mol. The Morgan fingerprint density at radius 3 is 1.36 bits per heavy atom. The average molecular weight is 172 g/mol. The Labute approximate surface area is 84.0 Å². The second-order valence-electron chi connectivity index (χ2n) is 1.65. The van der Waals surface area contributed by atoms with Crippen LogP contribution in [0, 0.1) is 0 Å². The van der Waals surface area contributed by atoms with Gasteiger partial charge in [0.1, 0.15) is 0 Å². The van der Waals surface area contributed by atoms with Crippen molar-refractivity contribution in [3.05, 3.63) is 0 Å². The van der Waals surface area contributed by atoms with Crippen LogP contribution in [0.4, 0.5) is 0 Å².